The molecule has 2 aliphatic heterocycles. The number of piperidine rings is 1. The summed E-state index contributed by atoms with van der Waals surface area (Å²) in [5.41, 5.74) is 3.12. The van der Waals surface area contributed by atoms with Crippen LogP contribution in [0.4, 0.5) is 15.9 Å². The lowest BCUT2D eigenvalue weighted by molar-refractivity contribution is 0.401. The minimum absolute atomic E-state index is 0.0844. The summed E-state index contributed by atoms with van der Waals surface area (Å²) in [6.07, 6.45) is 9.14. The molecule has 1 unspecified atom stereocenters. The van der Waals surface area contributed by atoms with Crippen molar-refractivity contribution in [1.29, 1.82) is 0 Å². The zero-order valence-corrected chi connectivity index (χ0v) is 17.6. The summed E-state index contributed by atoms with van der Waals surface area (Å²) < 4.78 is 13.7. The van der Waals surface area contributed by atoms with Gasteiger partial charge in [0.15, 0.2) is 0 Å². The van der Waals surface area contributed by atoms with Crippen LogP contribution in [0.3, 0.4) is 0 Å². The first-order valence-corrected chi connectivity index (χ1v) is 10.5. The summed E-state index contributed by atoms with van der Waals surface area (Å²) in [6, 6.07) is 9.35. The molecule has 0 spiro atoms. The smallest absolute Gasteiger partial charge is 0.142 e. The first-order chi connectivity index (χ1) is 14.0. The van der Waals surface area contributed by atoms with E-state index in [0.29, 0.717) is 5.92 Å². The largest absolute Gasteiger partial charge is 0.357 e. The number of pyridine rings is 1. The predicted molar refractivity (Wildman–Crippen MR) is 118 cm³/mol. The Labute approximate surface area is 176 Å². The second-order valence-electron chi connectivity index (χ2n) is 7.88. The van der Waals surface area contributed by atoms with Gasteiger partial charge >= 0.3 is 0 Å². The van der Waals surface area contributed by atoms with Crippen molar-refractivity contribution in [3.8, 4) is 0 Å². The molecule has 1 atom stereocenters. The Morgan fingerprint density at radius 2 is 1.97 bits per heavy atom. The van der Waals surface area contributed by atoms with E-state index in [0.717, 1.165) is 55.1 Å². The van der Waals surface area contributed by atoms with Gasteiger partial charge < -0.3 is 9.80 Å². The van der Waals surface area contributed by atoms with Crippen LogP contribution in [0.25, 0.3) is 0 Å². The average Bonchev–Trinajstić information content (AvgIpc) is 2.72. The highest BCUT2D eigenvalue weighted by atomic mass is 35.5. The monoisotopic (exact) mass is 412 g/mol. The van der Waals surface area contributed by atoms with Crippen LogP contribution in [0.2, 0.25) is 5.02 Å². The first-order valence-electron chi connectivity index (χ1n) is 10.2. The fourth-order valence-electron chi connectivity index (χ4n) is 4.10. The summed E-state index contributed by atoms with van der Waals surface area (Å²) in [7, 11) is 0. The molecule has 2 aliphatic rings. The van der Waals surface area contributed by atoms with Crippen molar-refractivity contribution in [3.05, 3.63) is 65.2 Å². The highest BCUT2D eigenvalue weighted by Crippen LogP contribution is 2.28. The number of hydrogen-bond donors (Lipinski definition) is 0. The molecule has 4 nitrogen and oxygen atoms in total. The maximum Gasteiger partial charge on any atom is 0.142 e. The molecule has 29 heavy (non-hydrogen) atoms. The summed E-state index contributed by atoms with van der Waals surface area (Å²) >= 11 is 5.78. The summed E-state index contributed by atoms with van der Waals surface area (Å²) in [5, 5.41) is 0.189. The zero-order valence-electron chi connectivity index (χ0n) is 16.9. The van der Waals surface area contributed by atoms with Crippen LogP contribution in [0, 0.1) is 11.7 Å². The van der Waals surface area contributed by atoms with Crippen LogP contribution in [0.15, 0.2) is 53.8 Å². The number of rotatable bonds is 4. The van der Waals surface area contributed by atoms with E-state index in [4.69, 9.17) is 16.6 Å². The number of halogens is 2. The van der Waals surface area contributed by atoms with Crippen molar-refractivity contribution in [3.63, 3.8) is 0 Å². The molecule has 2 aromatic rings. The number of anilines is 2. The molecule has 1 aromatic heterocycles. The van der Waals surface area contributed by atoms with Crippen LogP contribution >= 0.6 is 11.6 Å². The van der Waals surface area contributed by atoms with Gasteiger partial charge in [0, 0.05) is 25.0 Å². The molecular formula is C23H26ClFN4. The van der Waals surface area contributed by atoms with Crippen molar-refractivity contribution < 1.29 is 4.39 Å². The Bertz CT molecular complexity index is 917. The Hall–Kier alpha value is -2.40. The van der Waals surface area contributed by atoms with E-state index in [1.54, 1.807) is 12.1 Å². The van der Waals surface area contributed by atoms with E-state index in [1.165, 1.54) is 0 Å². The SMILES string of the molecule is CC1=NC(C)N(c2ccc(N3CCC(Cc4ccc(Cl)c(F)c4)CC3)nc2)C=C1. The number of aliphatic imine (C=N–C) groups is 1. The maximum absolute atomic E-state index is 13.7. The molecule has 152 valence electrons. The number of hydrogen-bond acceptors (Lipinski definition) is 4. The third-order valence-corrected chi connectivity index (χ3v) is 6.05. The molecule has 0 saturated carbocycles. The van der Waals surface area contributed by atoms with Crippen LogP contribution in [0.5, 0.6) is 0 Å². The van der Waals surface area contributed by atoms with E-state index >= 15 is 0 Å². The van der Waals surface area contributed by atoms with Crippen molar-refractivity contribution in [2.45, 2.75) is 39.3 Å². The van der Waals surface area contributed by atoms with Gasteiger partial charge in [-0.25, -0.2) is 9.37 Å². The Kier molecular flexibility index (Phi) is 5.86. The highest BCUT2D eigenvalue weighted by molar-refractivity contribution is 6.30. The zero-order chi connectivity index (χ0) is 20.4. The van der Waals surface area contributed by atoms with Crippen molar-refractivity contribution >= 4 is 28.8 Å². The number of nitrogens with zero attached hydrogens (tertiary/aromatic N) is 4. The normalized spacial score (nSPS) is 20.1. The predicted octanol–water partition coefficient (Wildman–Crippen LogP) is 5.47. The Morgan fingerprint density at radius 1 is 1.17 bits per heavy atom. The Morgan fingerprint density at radius 3 is 2.62 bits per heavy atom. The molecule has 0 amide bonds. The van der Waals surface area contributed by atoms with Crippen molar-refractivity contribution in [2.24, 2.45) is 10.9 Å². The van der Waals surface area contributed by atoms with Gasteiger partial charge in [-0.15, -0.1) is 0 Å². The molecule has 6 heteroatoms. The fourth-order valence-corrected chi connectivity index (χ4v) is 4.22. The highest BCUT2D eigenvalue weighted by Gasteiger charge is 2.21. The van der Waals surface area contributed by atoms with E-state index in [2.05, 4.69) is 40.0 Å². The molecule has 1 saturated heterocycles. The minimum Gasteiger partial charge on any atom is -0.357 e. The van der Waals surface area contributed by atoms with Gasteiger partial charge in [-0.2, -0.15) is 0 Å². The lowest BCUT2D eigenvalue weighted by atomic mass is 9.90. The molecule has 0 radical (unpaired) electrons. The summed E-state index contributed by atoms with van der Waals surface area (Å²) in [5.74, 6) is 1.24. The van der Waals surface area contributed by atoms with Gasteiger partial charge in [0.2, 0.25) is 0 Å². The van der Waals surface area contributed by atoms with Crippen LogP contribution in [0.1, 0.15) is 32.3 Å². The standard InChI is InChI=1S/C23H26ClFN4/c1-16-7-12-29(17(2)27-16)20-4-6-23(26-15-20)28-10-8-18(9-11-28)13-19-3-5-21(24)22(25)14-19/h3-7,12,14-15,17-18H,8-11,13H2,1-2H3. The lowest BCUT2D eigenvalue weighted by Gasteiger charge is -2.33. The lowest BCUT2D eigenvalue weighted by Crippen LogP contribution is -2.35. The number of allylic oxidation sites excluding steroid dienone is 1. The second-order valence-corrected chi connectivity index (χ2v) is 8.29. The molecule has 3 heterocycles. The quantitative estimate of drug-likeness (QED) is 0.666. The molecule has 1 aromatic carbocycles. The van der Waals surface area contributed by atoms with Crippen LogP contribution in [-0.4, -0.2) is 30.0 Å². The first kappa shape index (κ1) is 19.9. The van der Waals surface area contributed by atoms with Gasteiger partial charge in [-0.3, -0.25) is 4.99 Å². The summed E-state index contributed by atoms with van der Waals surface area (Å²) in [6.45, 7) is 6.03. The van der Waals surface area contributed by atoms with E-state index in [-0.39, 0.29) is 17.0 Å². The molecule has 0 N–H and O–H groups in total. The molecular weight excluding hydrogens is 387 g/mol. The van der Waals surface area contributed by atoms with Crippen LogP contribution < -0.4 is 9.80 Å². The third kappa shape index (κ3) is 4.61. The average molecular weight is 413 g/mol. The molecule has 1 fully saturated rings. The summed E-state index contributed by atoms with van der Waals surface area (Å²) in [4.78, 5) is 13.8. The van der Waals surface area contributed by atoms with E-state index in [9.17, 15) is 4.39 Å². The fraction of sp³-hybridized carbons (Fsp3) is 0.391. The van der Waals surface area contributed by atoms with Crippen molar-refractivity contribution in [2.75, 3.05) is 22.9 Å². The Balaban J connectivity index is 1.34. The van der Waals surface area contributed by atoms with Gasteiger partial charge in [-0.1, -0.05) is 17.7 Å². The van der Waals surface area contributed by atoms with Gasteiger partial charge in [0.05, 0.1) is 16.9 Å². The number of aromatic nitrogens is 1. The van der Waals surface area contributed by atoms with Gasteiger partial charge in [0.1, 0.15) is 17.8 Å². The maximum atomic E-state index is 13.7. The van der Waals surface area contributed by atoms with Crippen LogP contribution in [-0.2, 0) is 6.42 Å². The molecule has 0 bridgehead atoms. The number of benzene rings is 1. The van der Waals surface area contributed by atoms with E-state index < -0.39 is 0 Å². The third-order valence-electron chi connectivity index (χ3n) is 5.75. The topological polar surface area (TPSA) is 31.7 Å². The molecule has 4 rings (SSSR count). The van der Waals surface area contributed by atoms with E-state index in [1.807, 2.05) is 25.3 Å². The minimum atomic E-state index is -0.329. The van der Waals surface area contributed by atoms with Gasteiger partial charge in [-0.05, 0) is 74.9 Å². The van der Waals surface area contributed by atoms with Crippen molar-refractivity contribution in [1.82, 2.24) is 4.98 Å². The second kappa shape index (κ2) is 8.54. The molecule has 0 aliphatic carbocycles. The van der Waals surface area contributed by atoms with Gasteiger partial charge in [0.25, 0.3) is 0 Å².